The van der Waals surface area contributed by atoms with Crippen LogP contribution in [-0.4, -0.2) is 12.0 Å². The topological polar surface area (TPSA) is 39.8 Å². The molecule has 0 radical (unpaired) electrons. The molecule has 0 unspecified atom stereocenters. The van der Waals surface area contributed by atoms with Gasteiger partial charge in [-0.05, 0) is 18.7 Å². The van der Waals surface area contributed by atoms with Gasteiger partial charge in [0.1, 0.15) is 0 Å². The molecule has 1 aromatic carbocycles. The Morgan fingerprint density at radius 3 is 2.86 bits per heavy atom. The summed E-state index contributed by atoms with van der Waals surface area (Å²) >= 11 is 0. The van der Waals surface area contributed by atoms with Crippen molar-refractivity contribution in [2.75, 3.05) is 7.05 Å². The Morgan fingerprint density at radius 1 is 1.29 bits per heavy atom. The molecule has 0 saturated heterocycles. The molecule has 2 aromatic rings. The molecule has 0 spiro atoms. The zero-order valence-corrected chi connectivity index (χ0v) is 8.82. The first-order chi connectivity index (χ1) is 6.42. The minimum Gasteiger partial charge on any atom is -0.361 e. The summed E-state index contributed by atoms with van der Waals surface area (Å²) in [5.74, 6) is 0. The van der Waals surface area contributed by atoms with Crippen LogP contribution in [0.3, 0.4) is 0 Å². The van der Waals surface area contributed by atoms with Crippen LogP contribution in [0.1, 0.15) is 5.56 Å². The van der Waals surface area contributed by atoms with Crippen molar-refractivity contribution in [3.8, 4) is 0 Å². The number of benzene rings is 1. The number of H-pyrrole nitrogens is 1. The maximum absolute atomic E-state index is 3.23. The highest BCUT2D eigenvalue weighted by molar-refractivity contribution is 5.85. The first-order valence-electron chi connectivity index (χ1n) is 4.36. The van der Waals surface area contributed by atoms with Crippen molar-refractivity contribution in [2.45, 2.75) is 6.54 Å². The van der Waals surface area contributed by atoms with E-state index in [1.54, 1.807) is 0 Å². The third-order valence-corrected chi connectivity index (χ3v) is 2.13. The van der Waals surface area contributed by atoms with Gasteiger partial charge in [0.05, 0.1) is 0 Å². The molecule has 0 aliphatic carbocycles. The van der Waals surface area contributed by atoms with E-state index in [1.165, 1.54) is 16.5 Å². The van der Waals surface area contributed by atoms with Crippen LogP contribution in [0.2, 0.25) is 0 Å². The Labute approximate surface area is 89.3 Å². The molecule has 1 aromatic heterocycles. The Balaban J connectivity index is 0.000000980. The van der Waals surface area contributed by atoms with Crippen LogP contribution in [0.4, 0.5) is 0 Å². The number of hydrogen-bond acceptors (Lipinski definition) is 2. The van der Waals surface area contributed by atoms with Gasteiger partial charge in [-0.15, -0.1) is 12.4 Å². The highest BCUT2D eigenvalue weighted by Gasteiger charge is 2.00. The van der Waals surface area contributed by atoms with Crippen LogP contribution in [-0.2, 0) is 6.54 Å². The van der Waals surface area contributed by atoms with Crippen molar-refractivity contribution >= 4 is 23.3 Å². The molecule has 2 rings (SSSR count). The maximum Gasteiger partial charge on any atom is 0.0457 e. The van der Waals surface area contributed by atoms with E-state index in [0.717, 1.165) is 6.54 Å². The van der Waals surface area contributed by atoms with Crippen molar-refractivity contribution in [1.82, 2.24) is 15.8 Å². The third-order valence-electron chi connectivity index (χ3n) is 2.13. The average molecular weight is 212 g/mol. The summed E-state index contributed by atoms with van der Waals surface area (Å²) in [6, 6.07) is 8.30. The fourth-order valence-corrected chi connectivity index (χ4v) is 1.46. The molecule has 0 aliphatic rings. The lowest BCUT2D eigenvalue weighted by Crippen LogP contribution is -2.26. The van der Waals surface area contributed by atoms with Crippen LogP contribution in [0, 0.1) is 0 Å². The minimum atomic E-state index is 0. The van der Waals surface area contributed by atoms with Crippen LogP contribution in [0.15, 0.2) is 30.5 Å². The van der Waals surface area contributed by atoms with E-state index >= 15 is 0 Å². The summed E-state index contributed by atoms with van der Waals surface area (Å²) in [5.41, 5.74) is 8.45. The lowest BCUT2D eigenvalue weighted by Gasteiger charge is -1.99. The van der Waals surface area contributed by atoms with Crippen molar-refractivity contribution in [2.24, 2.45) is 0 Å². The summed E-state index contributed by atoms with van der Waals surface area (Å²) in [6.45, 7) is 0.834. The molecule has 0 saturated carbocycles. The fraction of sp³-hybridized carbons (Fsp3) is 0.200. The van der Waals surface area contributed by atoms with E-state index < -0.39 is 0 Å². The van der Waals surface area contributed by atoms with Gasteiger partial charge in [0, 0.05) is 23.6 Å². The van der Waals surface area contributed by atoms with Gasteiger partial charge in [0.25, 0.3) is 0 Å². The van der Waals surface area contributed by atoms with Gasteiger partial charge < -0.3 is 4.98 Å². The zero-order valence-electron chi connectivity index (χ0n) is 8.00. The monoisotopic (exact) mass is 211 g/mol. The molecule has 0 aliphatic heterocycles. The molecule has 0 fully saturated rings. The summed E-state index contributed by atoms with van der Waals surface area (Å²) in [7, 11) is 1.87. The number of para-hydroxylation sites is 1. The lowest BCUT2D eigenvalue weighted by molar-refractivity contribution is 0.598. The highest BCUT2D eigenvalue weighted by Crippen LogP contribution is 2.16. The number of halogens is 1. The Kier molecular flexibility index (Phi) is 3.95. The van der Waals surface area contributed by atoms with Gasteiger partial charge in [-0.1, -0.05) is 18.2 Å². The molecule has 0 atom stereocenters. The molecule has 0 amide bonds. The second-order valence-corrected chi connectivity index (χ2v) is 2.96. The number of hydrazine groups is 1. The van der Waals surface area contributed by atoms with Gasteiger partial charge >= 0.3 is 0 Å². The van der Waals surface area contributed by atoms with E-state index in [9.17, 15) is 0 Å². The number of aromatic nitrogens is 1. The predicted octanol–water partition coefficient (Wildman–Crippen LogP) is 1.81. The molecule has 76 valence electrons. The van der Waals surface area contributed by atoms with E-state index in [4.69, 9.17) is 0 Å². The quantitative estimate of drug-likeness (QED) is 0.678. The minimum absolute atomic E-state index is 0. The Hall–Kier alpha value is -1.03. The molecule has 0 bridgehead atoms. The summed E-state index contributed by atoms with van der Waals surface area (Å²) in [4.78, 5) is 3.23. The molecule has 3 nitrogen and oxygen atoms in total. The Bertz CT molecular complexity index is 397. The van der Waals surface area contributed by atoms with Crippen molar-refractivity contribution in [3.63, 3.8) is 0 Å². The summed E-state index contributed by atoms with van der Waals surface area (Å²) < 4.78 is 0. The Morgan fingerprint density at radius 2 is 2.07 bits per heavy atom. The summed E-state index contributed by atoms with van der Waals surface area (Å²) in [5, 5.41) is 1.28. The fourth-order valence-electron chi connectivity index (χ4n) is 1.46. The van der Waals surface area contributed by atoms with Crippen molar-refractivity contribution < 1.29 is 0 Å². The molecule has 1 heterocycles. The molecule has 3 N–H and O–H groups in total. The van der Waals surface area contributed by atoms with Gasteiger partial charge in [-0.3, -0.25) is 10.9 Å². The van der Waals surface area contributed by atoms with Gasteiger partial charge in [-0.2, -0.15) is 0 Å². The van der Waals surface area contributed by atoms with Crippen LogP contribution in [0.25, 0.3) is 10.9 Å². The van der Waals surface area contributed by atoms with Crippen LogP contribution in [0.5, 0.6) is 0 Å². The molecular weight excluding hydrogens is 198 g/mol. The summed E-state index contributed by atoms with van der Waals surface area (Å²) in [6.07, 6.45) is 2.04. The van der Waals surface area contributed by atoms with Crippen molar-refractivity contribution in [3.05, 3.63) is 36.0 Å². The van der Waals surface area contributed by atoms with Gasteiger partial charge in [-0.25, -0.2) is 0 Å². The normalized spacial score (nSPS) is 10.1. The molecule has 14 heavy (non-hydrogen) atoms. The third kappa shape index (κ3) is 2.07. The second-order valence-electron chi connectivity index (χ2n) is 2.96. The van der Waals surface area contributed by atoms with Crippen molar-refractivity contribution in [1.29, 1.82) is 0 Å². The first-order valence-corrected chi connectivity index (χ1v) is 4.36. The second kappa shape index (κ2) is 5.00. The smallest absolute Gasteiger partial charge is 0.0457 e. The number of nitrogens with one attached hydrogen (secondary N) is 3. The SMILES string of the molecule is CNNCc1c[nH]c2ccccc12.Cl. The molecule has 4 heteroatoms. The number of rotatable bonds is 3. The predicted molar refractivity (Wildman–Crippen MR) is 61.4 cm³/mol. The van der Waals surface area contributed by atoms with Crippen LogP contribution < -0.4 is 10.9 Å². The standard InChI is InChI=1S/C10H13N3.ClH/c1-11-13-7-8-6-12-10-5-3-2-4-9(8)10;/h2-6,11-13H,7H2,1H3;1H. The number of hydrogen-bond donors (Lipinski definition) is 3. The van der Waals surface area contributed by atoms with Crippen LogP contribution >= 0.6 is 12.4 Å². The average Bonchev–Trinajstić information content (AvgIpc) is 2.58. The van der Waals surface area contributed by atoms with Gasteiger partial charge in [0.2, 0.25) is 0 Å². The zero-order chi connectivity index (χ0) is 9.10. The van der Waals surface area contributed by atoms with E-state index in [0.29, 0.717) is 0 Å². The number of aromatic amines is 1. The van der Waals surface area contributed by atoms with E-state index in [-0.39, 0.29) is 12.4 Å². The lowest BCUT2D eigenvalue weighted by atomic mass is 10.2. The van der Waals surface area contributed by atoms with E-state index in [2.05, 4.69) is 34.0 Å². The first kappa shape index (κ1) is 11.0. The number of fused-ring (bicyclic) bond motifs is 1. The highest BCUT2D eigenvalue weighted by atomic mass is 35.5. The van der Waals surface area contributed by atoms with E-state index in [1.807, 2.05) is 19.3 Å². The maximum atomic E-state index is 3.23. The molecular formula is C10H14ClN3. The largest absolute Gasteiger partial charge is 0.361 e. The van der Waals surface area contributed by atoms with Gasteiger partial charge in [0.15, 0.2) is 0 Å².